The first-order valence-corrected chi connectivity index (χ1v) is 9.31. The molecule has 5 nitrogen and oxygen atoms in total. The Hall–Kier alpha value is -1.82. The highest BCUT2D eigenvalue weighted by Gasteiger charge is 2.03. The molecule has 0 spiro atoms. The minimum atomic E-state index is -0.0900. The average Bonchev–Trinajstić information content (AvgIpc) is 2.56. The molecule has 2 amide bonds. The van der Waals surface area contributed by atoms with Crippen LogP contribution in [-0.4, -0.2) is 29.2 Å². The van der Waals surface area contributed by atoms with Crippen molar-refractivity contribution in [1.29, 1.82) is 0 Å². The van der Waals surface area contributed by atoms with Crippen LogP contribution in [0.25, 0.3) is 0 Å². The maximum Gasteiger partial charge on any atom is 0.230 e. The van der Waals surface area contributed by atoms with Crippen LogP contribution in [0, 0.1) is 0 Å². The second-order valence-corrected chi connectivity index (χ2v) is 6.71. The number of anilines is 1. The lowest BCUT2D eigenvalue weighted by Gasteiger charge is -2.06. The zero-order valence-corrected chi connectivity index (χ0v) is 15.0. The first-order valence-electron chi connectivity index (χ1n) is 8.33. The van der Waals surface area contributed by atoms with Crippen molar-refractivity contribution in [3.63, 3.8) is 0 Å². The number of hydrogen-bond acceptors (Lipinski definition) is 4. The molecule has 1 rings (SSSR count). The van der Waals surface area contributed by atoms with Gasteiger partial charge in [-0.15, -0.1) is 0 Å². The zero-order valence-electron chi connectivity index (χ0n) is 14.2. The van der Waals surface area contributed by atoms with Crippen molar-refractivity contribution in [2.75, 3.05) is 17.6 Å². The van der Waals surface area contributed by atoms with Crippen LogP contribution in [0.15, 0.2) is 30.3 Å². The zero-order chi connectivity index (χ0) is 17.6. The molecule has 0 atom stereocenters. The van der Waals surface area contributed by atoms with E-state index < -0.39 is 0 Å². The third-order valence-corrected chi connectivity index (χ3v) is 4.18. The van der Waals surface area contributed by atoms with Crippen LogP contribution in [0.1, 0.15) is 45.4 Å². The maximum absolute atomic E-state index is 11.7. The van der Waals surface area contributed by atoms with Crippen LogP contribution in [-0.2, 0) is 14.4 Å². The molecule has 0 saturated carbocycles. The number of nitrogens with one attached hydrogen (secondary N) is 2. The lowest BCUT2D eigenvalue weighted by molar-refractivity contribution is -0.119. The second-order valence-electron chi connectivity index (χ2n) is 5.56. The number of hydrogen-bond donors (Lipinski definition) is 2. The van der Waals surface area contributed by atoms with E-state index in [-0.39, 0.29) is 22.7 Å². The van der Waals surface area contributed by atoms with Gasteiger partial charge in [-0.2, -0.15) is 0 Å². The van der Waals surface area contributed by atoms with Crippen molar-refractivity contribution in [2.24, 2.45) is 0 Å². The van der Waals surface area contributed by atoms with Gasteiger partial charge in [0.2, 0.25) is 11.8 Å². The van der Waals surface area contributed by atoms with Gasteiger partial charge >= 0.3 is 0 Å². The quantitative estimate of drug-likeness (QED) is 0.600. The Kier molecular flexibility index (Phi) is 10.6. The van der Waals surface area contributed by atoms with Gasteiger partial charge in [0.25, 0.3) is 0 Å². The summed E-state index contributed by atoms with van der Waals surface area (Å²) in [5.41, 5.74) is 0.834. The molecule has 0 unspecified atom stereocenters. The van der Waals surface area contributed by atoms with Crippen molar-refractivity contribution in [3.8, 4) is 0 Å². The summed E-state index contributed by atoms with van der Waals surface area (Å²) in [5.74, 6) is 0.162. The van der Waals surface area contributed by atoms with Crippen molar-refractivity contribution in [3.05, 3.63) is 30.3 Å². The highest BCUT2D eigenvalue weighted by Crippen LogP contribution is 2.09. The van der Waals surface area contributed by atoms with Crippen LogP contribution in [0.3, 0.4) is 0 Å². The summed E-state index contributed by atoms with van der Waals surface area (Å²) in [6, 6.07) is 9.46. The molecule has 1 aromatic carbocycles. The fraction of sp³-hybridized carbons (Fsp3) is 0.500. The van der Waals surface area contributed by atoms with Crippen molar-refractivity contribution in [1.82, 2.24) is 5.32 Å². The van der Waals surface area contributed by atoms with Gasteiger partial charge in [-0.1, -0.05) is 49.2 Å². The molecule has 1 aromatic rings. The highest BCUT2D eigenvalue weighted by atomic mass is 32.2. The molecule has 0 fully saturated rings. The van der Waals surface area contributed by atoms with Gasteiger partial charge in [0.05, 0.1) is 5.75 Å². The molecule has 0 bridgehead atoms. The van der Waals surface area contributed by atoms with Crippen LogP contribution in [0.2, 0.25) is 0 Å². The Bertz CT molecular complexity index is 520. The molecule has 2 N–H and O–H groups in total. The topological polar surface area (TPSA) is 75.3 Å². The van der Waals surface area contributed by atoms with Crippen molar-refractivity contribution < 1.29 is 14.4 Å². The summed E-state index contributed by atoms with van der Waals surface area (Å²) >= 11 is 1.03. The van der Waals surface area contributed by atoms with Gasteiger partial charge in [-0.05, 0) is 25.0 Å². The molecule has 6 heteroatoms. The van der Waals surface area contributed by atoms with Crippen LogP contribution in [0.4, 0.5) is 5.69 Å². The second kappa shape index (κ2) is 12.6. The van der Waals surface area contributed by atoms with E-state index in [2.05, 4.69) is 10.6 Å². The van der Waals surface area contributed by atoms with E-state index in [4.69, 9.17) is 0 Å². The summed E-state index contributed by atoms with van der Waals surface area (Å²) in [4.78, 5) is 33.9. The van der Waals surface area contributed by atoms with Gasteiger partial charge in [0.1, 0.15) is 0 Å². The highest BCUT2D eigenvalue weighted by molar-refractivity contribution is 8.14. The number of benzene rings is 1. The number of thioether (sulfide) groups is 1. The van der Waals surface area contributed by atoms with Crippen LogP contribution in [0.5, 0.6) is 0 Å². The van der Waals surface area contributed by atoms with Gasteiger partial charge in [0, 0.05) is 25.6 Å². The summed E-state index contributed by atoms with van der Waals surface area (Å²) in [6.45, 7) is 2.10. The van der Waals surface area contributed by atoms with Gasteiger partial charge in [0.15, 0.2) is 5.12 Å². The average molecular weight is 350 g/mol. The Labute approximate surface area is 148 Å². The molecular formula is C18H26N2O3S. The molecule has 0 aromatic heterocycles. The predicted octanol–water partition coefficient (Wildman–Crippen LogP) is 3.36. The number of carbonyl (C=O) groups is 3. The van der Waals surface area contributed by atoms with E-state index in [1.165, 1.54) is 6.92 Å². The smallest absolute Gasteiger partial charge is 0.230 e. The Morgan fingerprint density at radius 3 is 2.29 bits per heavy atom. The lowest BCUT2D eigenvalue weighted by Crippen LogP contribution is -2.26. The monoisotopic (exact) mass is 350 g/mol. The maximum atomic E-state index is 11.7. The van der Waals surface area contributed by atoms with Crippen molar-refractivity contribution in [2.45, 2.75) is 45.4 Å². The van der Waals surface area contributed by atoms with Crippen LogP contribution >= 0.6 is 11.8 Å². The molecule has 0 saturated heterocycles. The summed E-state index contributed by atoms with van der Waals surface area (Å²) in [7, 11) is 0. The summed E-state index contributed by atoms with van der Waals surface area (Å²) in [5, 5.41) is 5.63. The molecule has 0 radical (unpaired) electrons. The number of rotatable bonds is 11. The Morgan fingerprint density at radius 1 is 0.917 bits per heavy atom. The Morgan fingerprint density at radius 2 is 1.58 bits per heavy atom. The van der Waals surface area contributed by atoms with Crippen molar-refractivity contribution >= 4 is 34.4 Å². The van der Waals surface area contributed by atoms with E-state index in [1.54, 1.807) is 0 Å². The molecule has 0 aliphatic rings. The largest absolute Gasteiger partial charge is 0.355 e. The fourth-order valence-corrected chi connectivity index (χ4v) is 2.57. The molecule has 0 aliphatic carbocycles. The molecular weight excluding hydrogens is 324 g/mol. The van der Waals surface area contributed by atoms with Gasteiger partial charge < -0.3 is 10.6 Å². The van der Waals surface area contributed by atoms with E-state index in [0.29, 0.717) is 13.0 Å². The summed E-state index contributed by atoms with van der Waals surface area (Å²) in [6.07, 6.45) is 5.42. The third-order valence-electron chi connectivity index (χ3n) is 3.37. The standard InChI is InChI=1S/C18H26N2O3S/c1-15(21)24-14-18(23)19-13-9-4-2-3-8-12-17(22)20-16-10-6-5-7-11-16/h5-7,10-11H,2-4,8-9,12-14H2,1H3,(H,19,23)(H,20,22). The molecule has 24 heavy (non-hydrogen) atoms. The molecule has 0 heterocycles. The Balaban J connectivity index is 1.92. The minimum Gasteiger partial charge on any atom is -0.355 e. The fourth-order valence-electron chi connectivity index (χ4n) is 2.13. The number of unbranched alkanes of at least 4 members (excludes halogenated alkanes) is 4. The normalized spacial score (nSPS) is 10.2. The first-order chi connectivity index (χ1) is 11.6. The SMILES string of the molecule is CC(=O)SCC(=O)NCCCCCCCC(=O)Nc1ccccc1. The van der Waals surface area contributed by atoms with E-state index in [9.17, 15) is 14.4 Å². The number of carbonyl (C=O) groups excluding carboxylic acids is 3. The lowest BCUT2D eigenvalue weighted by atomic mass is 10.1. The predicted molar refractivity (Wildman–Crippen MR) is 98.9 cm³/mol. The molecule has 0 aliphatic heterocycles. The minimum absolute atomic E-state index is 0.0403. The number of para-hydroxylation sites is 1. The van der Waals surface area contributed by atoms with E-state index in [0.717, 1.165) is 49.6 Å². The van der Waals surface area contributed by atoms with Crippen LogP contribution < -0.4 is 10.6 Å². The van der Waals surface area contributed by atoms with E-state index in [1.807, 2.05) is 30.3 Å². The van der Waals surface area contributed by atoms with Gasteiger partial charge in [-0.3, -0.25) is 14.4 Å². The number of amides is 2. The third kappa shape index (κ3) is 10.8. The summed E-state index contributed by atoms with van der Waals surface area (Å²) < 4.78 is 0. The molecule has 132 valence electrons. The van der Waals surface area contributed by atoms with E-state index >= 15 is 0 Å². The van der Waals surface area contributed by atoms with Gasteiger partial charge in [-0.25, -0.2) is 0 Å². The first kappa shape index (κ1) is 20.2.